The van der Waals surface area contributed by atoms with Crippen molar-refractivity contribution in [2.45, 2.75) is 12.8 Å². The van der Waals surface area contributed by atoms with Crippen LogP contribution in [0.3, 0.4) is 0 Å². The number of para-hydroxylation sites is 1. The molecule has 0 atom stereocenters. The Balaban J connectivity index is 1.74. The molecule has 3 aromatic carbocycles. The van der Waals surface area contributed by atoms with E-state index in [9.17, 15) is 9.59 Å². The highest BCUT2D eigenvalue weighted by Gasteiger charge is 2.27. The van der Waals surface area contributed by atoms with Crippen molar-refractivity contribution < 1.29 is 9.59 Å². The first-order valence-corrected chi connectivity index (χ1v) is 11.1. The molecule has 4 rings (SSSR count). The first-order valence-electron chi connectivity index (χ1n) is 11.1. The van der Waals surface area contributed by atoms with Crippen LogP contribution in [0.15, 0.2) is 84.9 Å². The van der Waals surface area contributed by atoms with Crippen LogP contribution in [-0.2, 0) is 6.42 Å². The van der Waals surface area contributed by atoms with Crippen LogP contribution in [0, 0.1) is 0 Å². The Morgan fingerprint density at radius 3 is 2.15 bits per heavy atom. The second kappa shape index (κ2) is 10.1. The quantitative estimate of drug-likeness (QED) is 0.416. The summed E-state index contributed by atoms with van der Waals surface area (Å²) in [4.78, 5) is 33.1. The number of aromatic nitrogens is 1. The number of fused-ring (bicyclic) bond motifs is 1. The normalized spacial score (nSPS) is 10.7. The van der Waals surface area contributed by atoms with Crippen molar-refractivity contribution in [3.63, 3.8) is 0 Å². The highest BCUT2D eigenvalue weighted by molar-refractivity contribution is 6.17. The van der Waals surface area contributed by atoms with Crippen molar-refractivity contribution in [3.05, 3.63) is 102 Å². The minimum atomic E-state index is -0.260. The van der Waals surface area contributed by atoms with Crippen molar-refractivity contribution in [2.75, 3.05) is 20.6 Å². The van der Waals surface area contributed by atoms with Gasteiger partial charge in [0.15, 0.2) is 0 Å². The third kappa shape index (κ3) is 4.93. The van der Waals surface area contributed by atoms with Gasteiger partial charge in [0.05, 0.1) is 22.3 Å². The molecular formula is C28H27N3O2. The van der Waals surface area contributed by atoms with E-state index < -0.39 is 0 Å². The van der Waals surface area contributed by atoms with Gasteiger partial charge in [0, 0.05) is 31.6 Å². The van der Waals surface area contributed by atoms with Crippen LogP contribution in [0.4, 0.5) is 0 Å². The zero-order chi connectivity index (χ0) is 23.2. The first-order chi connectivity index (χ1) is 16.1. The molecule has 33 heavy (non-hydrogen) atoms. The average Bonchev–Trinajstić information content (AvgIpc) is 2.86. The van der Waals surface area contributed by atoms with Gasteiger partial charge >= 0.3 is 0 Å². The summed E-state index contributed by atoms with van der Waals surface area (Å²) in [6.45, 7) is 0.515. The van der Waals surface area contributed by atoms with Crippen molar-refractivity contribution >= 4 is 22.7 Å². The Kier molecular flexibility index (Phi) is 6.79. The van der Waals surface area contributed by atoms with E-state index in [0.717, 1.165) is 18.4 Å². The predicted octanol–water partition coefficient (Wildman–Crippen LogP) is 4.97. The van der Waals surface area contributed by atoms with Gasteiger partial charge in [0.2, 0.25) is 0 Å². The minimum Gasteiger partial charge on any atom is -0.352 e. The fourth-order valence-electron chi connectivity index (χ4n) is 3.91. The Hall–Kier alpha value is -3.99. The number of rotatable bonds is 7. The van der Waals surface area contributed by atoms with Crippen LogP contribution in [0.2, 0.25) is 0 Å². The van der Waals surface area contributed by atoms with E-state index in [-0.39, 0.29) is 11.8 Å². The molecule has 166 valence electrons. The Morgan fingerprint density at radius 2 is 1.45 bits per heavy atom. The zero-order valence-electron chi connectivity index (χ0n) is 18.9. The molecule has 0 unspecified atom stereocenters. The highest BCUT2D eigenvalue weighted by atomic mass is 16.2. The molecule has 0 aliphatic heterocycles. The summed E-state index contributed by atoms with van der Waals surface area (Å²) in [5.41, 5.74) is 3.93. The summed E-state index contributed by atoms with van der Waals surface area (Å²) < 4.78 is 0. The molecular weight excluding hydrogens is 410 g/mol. The lowest BCUT2D eigenvalue weighted by Gasteiger charge is -2.19. The lowest BCUT2D eigenvalue weighted by atomic mass is 9.95. The van der Waals surface area contributed by atoms with Crippen molar-refractivity contribution in [2.24, 2.45) is 0 Å². The molecule has 0 bridgehead atoms. The van der Waals surface area contributed by atoms with Gasteiger partial charge in [0.1, 0.15) is 0 Å². The predicted molar refractivity (Wildman–Crippen MR) is 132 cm³/mol. The van der Waals surface area contributed by atoms with E-state index >= 15 is 0 Å². The minimum absolute atomic E-state index is 0.249. The summed E-state index contributed by atoms with van der Waals surface area (Å²) in [7, 11) is 3.38. The topological polar surface area (TPSA) is 62.3 Å². The van der Waals surface area contributed by atoms with Crippen LogP contribution >= 0.6 is 0 Å². The summed E-state index contributed by atoms with van der Waals surface area (Å²) in [6.07, 6.45) is 1.68. The van der Waals surface area contributed by atoms with Gasteiger partial charge in [-0.05, 0) is 24.5 Å². The van der Waals surface area contributed by atoms with Gasteiger partial charge in [-0.3, -0.25) is 9.59 Å². The number of aryl methyl sites for hydroxylation is 1. The monoisotopic (exact) mass is 437 g/mol. The van der Waals surface area contributed by atoms with Gasteiger partial charge < -0.3 is 10.2 Å². The first kappa shape index (κ1) is 22.2. The van der Waals surface area contributed by atoms with Crippen molar-refractivity contribution in [1.82, 2.24) is 15.2 Å². The van der Waals surface area contributed by atoms with Crippen LogP contribution in [-0.4, -0.2) is 42.3 Å². The number of nitrogens with one attached hydrogen (secondary N) is 1. The molecule has 4 aromatic rings. The summed E-state index contributed by atoms with van der Waals surface area (Å²) in [5, 5.41) is 3.71. The van der Waals surface area contributed by atoms with Crippen LogP contribution in [0.1, 0.15) is 32.7 Å². The molecule has 1 aromatic heterocycles. The van der Waals surface area contributed by atoms with E-state index in [0.29, 0.717) is 34.3 Å². The van der Waals surface area contributed by atoms with Gasteiger partial charge in [-0.1, -0.05) is 78.9 Å². The largest absolute Gasteiger partial charge is 0.352 e. The average molecular weight is 438 g/mol. The fraction of sp³-hybridized carbons (Fsp3) is 0.179. The Morgan fingerprint density at radius 1 is 0.818 bits per heavy atom. The molecule has 0 saturated heterocycles. The molecule has 0 aliphatic rings. The third-order valence-electron chi connectivity index (χ3n) is 5.56. The van der Waals surface area contributed by atoms with E-state index in [1.54, 1.807) is 14.1 Å². The number of benzene rings is 3. The molecule has 5 heteroatoms. The highest BCUT2D eigenvalue weighted by Crippen LogP contribution is 2.31. The maximum Gasteiger partial charge on any atom is 0.256 e. The maximum absolute atomic E-state index is 13.5. The molecule has 0 spiro atoms. The number of amides is 2. The number of hydrogen-bond acceptors (Lipinski definition) is 3. The SMILES string of the molecule is CN(C)C(=O)c1c(-c2ccccc2)nc2ccccc2c1C(=O)NCCCc1ccccc1. The molecule has 1 heterocycles. The Labute approximate surface area is 194 Å². The van der Waals surface area contributed by atoms with E-state index in [1.165, 1.54) is 10.5 Å². The van der Waals surface area contributed by atoms with Gasteiger partial charge in [-0.25, -0.2) is 4.98 Å². The smallest absolute Gasteiger partial charge is 0.256 e. The van der Waals surface area contributed by atoms with Crippen LogP contribution in [0.5, 0.6) is 0 Å². The maximum atomic E-state index is 13.5. The number of pyridine rings is 1. The fourth-order valence-corrected chi connectivity index (χ4v) is 3.91. The lowest BCUT2D eigenvalue weighted by Crippen LogP contribution is -2.31. The molecule has 0 radical (unpaired) electrons. The molecule has 0 fully saturated rings. The van der Waals surface area contributed by atoms with E-state index in [1.807, 2.05) is 72.8 Å². The van der Waals surface area contributed by atoms with Gasteiger partial charge in [-0.2, -0.15) is 0 Å². The second-order valence-electron chi connectivity index (χ2n) is 8.14. The van der Waals surface area contributed by atoms with Crippen molar-refractivity contribution in [1.29, 1.82) is 0 Å². The zero-order valence-corrected chi connectivity index (χ0v) is 18.9. The number of carbonyl (C=O) groups is 2. The number of carbonyl (C=O) groups excluding carboxylic acids is 2. The molecule has 1 N–H and O–H groups in total. The lowest BCUT2D eigenvalue weighted by molar-refractivity contribution is 0.0819. The number of nitrogens with zero attached hydrogens (tertiary/aromatic N) is 2. The summed E-state index contributed by atoms with van der Waals surface area (Å²) >= 11 is 0. The molecule has 0 saturated carbocycles. The Bertz CT molecular complexity index is 1270. The standard InChI is InChI=1S/C28H27N3O2/c1-31(2)28(33)25-24(27(32)29-19-11-14-20-12-5-3-6-13-20)22-17-9-10-18-23(22)30-26(25)21-15-7-4-8-16-21/h3-10,12-13,15-18H,11,14,19H2,1-2H3,(H,29,32). The summed E-state index contributed by atoms with van der Waals surface area (Å²) in [5.74, 6) is -0.509. The van der Waals surface area contributed by atoms with Crippen molar-refractivity contribution in [3.8, 4) is 11.3 Å². The second-order valence-corrected chi connectivity index (χ2v) is 8.14. The molecule has 2 amide bonds. The molecule has 5 nitrogen and oxygen atoms in total. The van der Waals surface area contributed by atoms with Crippen LogP contribution < -0.4 is 5.32 Å². The third-order valence-corrected chi connectivity index (χ3v) is 5.56. The van der Waals surface area contributed by atoms with E-state index in [4.69, 9.17) is 4.98 Å². The van der Waals surface area contributed by atoms with E-state index in [2.05, 4.69) is 17.4 Å². The number of hydrogen-bond donors (Lipinski definition) is 1. The summed E-state index contributed by atoms with van der Waals surface area (Å²) in [6, 6.07) is 27.2. The van der Waals surface area contributed by atoms with Gasteiger partial charge in [0.25, 0.3) is 11.8 Å². The molecule has 0 aliphatic carbocycles. The van der Waals surface area contributed by atoms with Crippen LogP contribution in [0.25, 0.3) is 22.2 Å². The van der Waals surface area contributed by atoms with Gasteiger partial charge in [-0.15, -0.1) is 0 Å².